The van der Waals surface area contributed by atoms with Gasteiger partial charge in [-0.25, -0.2) is 0 Å². The van der Waals surface area contributed by atoms with Crippen LogP contribution in [-0.4, -0.2) is 4.92 Å². The first kappa shape index (κ1) is 8.47. The van der Waals surface area contributed by atoms with Gasteiger partial charge in [0.1, 0.15) is 0 Å². The average molecular weight is 214 g/mol. The quantitative estimate of drug-likeness (QED) is 0.538. The van der Waals surface area contributed by atoms with Gasteiger partial charge in [-0.2, -0.15) is 0 Å². The number of nitrogens with zero attached hydrogens (tertiary/aromatic N) is 1. The van der Waals surface area contributed by atoms with Gasteiger partial charge < -0.3 is 0 Å². The molecule has 0 aliphatic carbocycles. The Morgan fingerprint density at radius 3 is 2.85 bits per heavy atom. The summed E-state index contributed by atoms with van der Waals surface area (Å²) in [5.74, 6) is 0. The van der Waals surface area contributed by atoms with E-state index >= 15 is 0 Å². The molecule has 1 aromatic heterocycles. The molecule has 2 rings (SSSR count). The third-order valence-corrected chi connectivity index (χ3v) is 3.06. The minimum atomic E-state index is -0.402. The zero-order chi connectivity index (χ0) is 9.42. The molecule has 2 aromatic rings. The molecule has 0 saturated carbocycles. The zero-order valence-electron chi connectivity index (χ0n) is 6.36. The first-order valence-corrected chi connectivity index (χ1v) is 4.70. The number of hydrogen-bond donors (Lipinski definition) is 0. The first-order valence-electron chi connectivity index (χ1n) is 3.51. The molecule has 0 bridgehead atoms. The highest BCUT2D eigenvalue weighted by atomic mass is 35.5. The fourth-order valence-electron chi connectivity index (χ4n) is 1.10. The Hall–Kier alpha value is -1.13. The van der Waals surface area contributed by atoms with Crippen molar-refractivity contribution in [3.8, 4) is 0 Å². The van der Waals surface area contributed by atoms with Crippen LogP contribution in [0.5, 0.6) is 0 Å². The minimum Gasteiger partial charge on any atom is -0.258 e. The van der Waals surface area contributed by atoms with Crippen molar-refractivity contribution in [1.29, 1.82) is 0 Å². The van der Waals surface area contributed by atoms with Gasteiger partial charge in [0.05, 0.1) is 4.92 Å². The second-order valence-corrected chi connectivity index (χ2v) is 3.96. The SMILES string of the molecule is O=[N+]([O-])c1cc2c(Cl)cccc2s1. The second kappa shape index (κ2) is 2.97. The molecule has 0 unspecified atom stereocenters. The Kier molecular flexibility index (Phi) is 1.94. The summed E-state index contributed by atoms with van der Waals surface area (Å²) in [5.41, 5.74) is 0. The first-order chi connectivity index (χ1) is 6.18. The molecule has 0 N–H and O–H groups in total. The Labute approximate surface area is 82.7 Å². The minimum absolute atomic E-state index is 0.128. The van der Waals surface area contributed by atoms with Gasteiger partial charge in [-0.05, 0) is 12.1 Å². The summed E-state index contributed by atoms with van der Waals surface area (Å²) in [6, 6.07) is 6.83. The van der Waals surface area contributed by atoms with Crippen LogP contribution < -0.4 is 0 Å². The smallest absolute Gasteiger partial charge is 0.258 e. The van der Waals surface area contributed by atoms with E-state index in [2.05, 4.69) is 0 Å². The van der Waals surface area contributed by atoms with Crippen molar-refractivity contribution in [1.82, 2.24) is 0 Å². The van der Waals surface area contributed by atoms with Crippen LogP contribution in [0.2, 0.25) is 5.02 Å². The van der Waals surface area contributed by atoms with Crippen LogP contribution in [-0.2, 0) is 0 Å². The fraction of sp³-hybridized carbons (Fsp3) is 0. The third kappa shape index (κ3) is 1.38. The molecule has 0 amide bonds. The van der Waals surface area contributed by atoms with Gasteiger partial charge in [-0.15, -0.1) is 0 Å². The van der Waals surface area contributed by atoms with E-state index in [1.807, 2.05) is 6.07 Å². The van der Waals surface area contributed by atoms with E-state index < -0.39 is 4.92 Å². The van der Waals surface area contributed by atoms with Crippen LogP contribution in [0.25, 0.3) is 10.1 Å². The summed E-state index contributed by atoms with van der Waals surface area (Å²) in [5, 5.41) is 11.9. The van der Waals surface area contributed by atoms with E-state index in [9.17, 15) is 10.1 Å². The van der Waals surface area contributed by atoms with Crippen LogP contribution in [0.4, 0.5) is 5.00 Å². The molecule has 0 aliphatic rings. The summed E-state index contributed by atoms with van der Waals surface area (Å²) < 4.78 is 0.846. The predicted octanol–water partition coefficient (Wildman–Crippen LogP) is 3.46. The monoisotopic (exact) mass is 213 g/mol. The summed E-state index contributed by atoms with van der Waals surface area (Å²) in [4.78, 5) is 10.1. The number of rotatable bonds is 1. The van der Waals surface area contributed by atoms with Gasteiger partial charge in [0.25, 0.3) is 0 Å². The molecule has 13 heavy (non-hydrogen) atoms. The van der Waals surface area contributed by atoms with Gasteiger partial charge in [-0.3, -0.25) is 10.1 Å². The molecule has 3 nitrogen and oxygen atoms in total. The van der Waals surface area contributed by atoms with Crippen molar-refractivity contribution in [2.24, 2.45) is 0 Å². The lowest BCUT2D eigenvalue weighted by atomic mass is 10.3. The van der Waals surface area contributed by atoms with E-state index in [1.54, 1.807) is 12.1 Å². The van der Waals surface area contributed by atoms with Crippen molar-refractivity contribution in [2.45, 2.75) is 0 Å². The molecular formula is C8H4ClNO2S. The van der Waals surface area contributed by atoms with E-state index in [0.29, 0.717) is 5.02 Å². The largest absolute Gasteiger partial charge is 0.325 e. The van der Waals surface area contributed by atoms with Gasteiger partial charge >= 0.3 is 5.00 Å². The fourth-order valence-corrected chi connectivity index (χ4v) is 2.29. The number of fused-ring (bicyclic) bond motifs is 1. The van der Waals surface area contributed by atoms with Gasteiger partial charge in [0.15, 0.2) is 0 Å². The molecule has 0 aliphatic heterocycles. The number of halogens is 1. The van der Waals surface area contributed by atoms with Crippen molar-refractivity contribution in [3.63, 3.8) is 0 Å². The lowest BCUT2D eigenvalue weighted by molar-refractivity contribution is -0.380. The number of hydrogen-bond acceptors (Lipinski definition) is 3. The molecular weight excluding hydrogens is 210 g/mol. The molecule has 0 spiro atoms. The van der Waals surface area contributed by atoms with Crippen LogP contribution in [0, 0.1) is 10.1 Å². The Morgan fingerprint density at radius 2 is 2.23 bits per heavy atom. The molecule has 1 heterocycles. The second-order valence-electron chi connectivity index (χ2n) is 2.49. The van der Waals surface area contributed by atoms with Crippen molar-refractivity contribution < 1.29 is 4.92 Å². The van der Waals surface area contributed by atoms with E-state index in [4.69, 9.17) is 11.6 Å². The standard InChI is InChI=1S/C8H4ClNO2S/c9-6-2-1-3-7-5(6)4-8(13-7)10(11)12/h1-4H. The van der Waals surface area contributed by atoms with Crippen molar-refractivity contribution >= 4 is 38.0 Å². The Bertz CT molecular complexity index is 480. The van der Waals surface area contributed by atoms with E-state index in [-0.39, 0.29) is 5.00 Å². The average Bonchev–Trinajstić information content (AvgIpc) is 2.49. The van der Waals surface area contributed by atoms with Crippen molar-refractivity contribution in [2.75, 3.05) is 0 Å². The third-order valence-electron chi connectivity index (χ3n) is 1.68. The van der Waals surface area contributed by atoms with Crippen LogP contribution >= 0.6 is 22.9 Å². The highest BCUT2D eigenvalue weighted by Crippen LogP contribution is 2.34. The Morgan fingerprint density at radius 1 is 1.46 bits per heavy atom. The summed E-state index contributed by atoms with van der Waals surface area (Å²) in [7, 11) is 0. The number of nitro groups is 1. The summed E-state index contributed by atoms with van der Waals surface area (Å²) in [6.45, 7) is 0. The zero-order valence-corrected chi connectivity index (χ0v) is 7.93. The number of thiophene rings is 1. The van der Waals surface area contributed by atoms with Gasteiger partial charge in [-0.1, -0.05) is 29.0 Å². The molecule has 66 valence electrons. The maximum absolute atomic E-state index is 10.5. The molecule has 5 heteroatoms. The number of benzene rings is 1. The van der Waals surface area contributed by atoms with E-state index in [0.717, 1.165) is 21.4 Å². The van der Waals surface area contributed by atoms with Crippen LogP contribution in [0.1, 0.15) is 0 Å². The van der Waals surface area contributed by atoms with Gasteiger partial charge in [0, 0.05) is 21.2 Å². The predicted molar refractivity (Wildman–Crippen MR) is 53.5 cm³/mol. The molecule has 1 aromatic carbocycles. The molecule has 0 fully saturated rings. The van der Waals surface area contributed by atoms with E-state index in [1.165, 1.54) is 6.07 Å². The maximum Gasteiger partial charge on any atom is 0.325 e. The van der Waals surface area contributed by atoms with Crippen molar-refractivity contribution in [3.05, 3.63) is 39.4 Å². The van der Waals surface area contributed by atoms with Gasteiger partial charge in [0.2, 0.25) is 0 Å². The lowest BCUT2D eigenvalue weighted by Gasteiger charge is -1.88. The van der Waals surface area contributed by atoms with Crippen LogP contribution in [0.3, 0.4) is 0 Å². The summed E-state index contributed by atoms with van der Waals surface area (Å²) >= 11 is 7.00. The lowest BCUT2D eigenvalue weighted by Crippen LogP contribution is -1.80. The highest BCUT2D eigenvalue weighted by Gasteiger charge is 2.12. The molecule has 0 radical (unpaired) electrons. The normalized spacial score (nSPS) is 10.5. The highest BCUT2D eigenvalue weighted by molar-refractivity contribution is 7.22. The van der Waals surface area contributed by atoms with Crippen LogP contribution in [0.15, 0.2) is 24.3 Å². The Balaban J connectivity index is 2.75. The maximum atomic E-state index is 10.5. The summed E-state index contributed by atoms with van der Waals surface area (Å²) in [6.07, 6.45) is 0. The molecule has 0 atom stereocenters. The molecule has 0 saturated heterocycles. The topological polar surface area (TPSA) is 43.1 Å².